The third-order valence-corrected chi connectivity index (χ3v) is 4.11. The molecule has 0 saturated carbocycles. The van der Waals surface area contributed by atoms with E-state index in [1.54, 1.807) is 13.0 Å². The van der Waals surface area contributed by atoms with Gasteiger partial charge in [-0.15, -0.1) is 11.3 Å². The largest absolute Gasteiger partial charge is 0.480 e. The lowest BCUT2D eigenvalue weighted by Gasteiger charge is -2.24. The predicted molar refractivity (Wildman–Crippen MR) is 67.6 cm³/mol. The summed E-state index contributed by atoms with van der Waals surface area (Å²) in [5.74, 6) is -1.34. The van der Waals surface area contributed by atoms with Crippen LogP contribution in [0.3, 0.4) is 0 Å². The number of thiophene rings is 1. The van der Waals surface area contributed by atoms with Crippen molar-refractivity contribution in [3.05, 3.63) is 21.4 Å². The zero-order valence-electron chi connectivity index (χ0n) is 10.5. The first-order chi connectivity index (χ1) is 7.80. The topological polar surface area (TPSA) is 66.4 Å². The molecule has 1 aromatic rings. The molecule has 0 radical (unpaired) electrons. The van der Waals surface area contributed by atoms with Crippen LogP contribution in [0.5, 0.6) is 0 Å². The van der Waals surface area contributed by atoms with Gasteiger partial charge < -0.3 is 10.4 Å². The minimum absolute atomic E-state index is 0.321. The molecule has 2 N–H and O–H groups in total. The van der Waals surface area contributed by atoms with Crippen molar-refractivity contribution in [1.29, 1.82) is 0 Å². The van der Waals surface area contributed by atoms with E-state index in [-0.39, 0.29) is 5.91 Å². The van der Waals surface area contributed by atoms with Gasteiger partial charge in [0.2, 0.25) is 0 Å². The summed E-state index contributed by atoms with van der Waals surface area (Å²) in [4.78, 5) is 24.6. The molecule has 1 atom stereocenters. The van der Waals surface area contributed by atoms with Gasteiger partial charge in [0.15, 0.2) is 0 Å². The van der Waals surface area contributed by atoms with E-state index in [1.807, 2.05) is 13.8 Å². The van der Waals surface area contributed by atoms with Crippen LogP contribution >= 0.6 is 11.3 Å². The molecule has 1 rings (SSSR count). The van der Waals surface area contributed by atoms with Gasteiger partial charge in [0.05, 0.1) is 4.88 Å². The molecular weight excluding hydrogens is 238 g/mol. The Morgan fingerprint density at radius 1 is 1.47 bits per heavy atom. The molecule has 0 aliphatic carbocycles. The van der Waals surface area contributed by atoms with E-state index in [1.165, 1.54) is 18.3 Å². The fraction of sp³-hybridized carbons (Fsp3) is 0.500. The predicted octanol–water partition coefficient (Wildman–Crippen LogP) is 2.35. The second-order valence-electron chi connectivity index (χ2n) is 4.29. The molecular formula is C12H17NO3S. The zero-order valence-corrected chi connectivity index (χ0v) is 11.3. The number of rotatable bonds is 4. The third-order valence-electron chi connectivity index (χ3n) is 2.96. The number of carboxylic acids is 1. The van der Waals surface area contributed by atoms with E-state index in [0.29, 0.717) is 11.3 Å². The fourth-order valence-corrected chi connectivity index (χ4v) is 2.22. The highest BCUT2D eigenvalue weighted by molar-refractivity contribution is 7.14. The summed E-state index contributed by atoms with van der Waals surface area (Å²) in [5.41, 5.74) is -0.156. The summed E-state index contributed by atoms with van der Waals surface area (Å²) in [6.45, 7) is 7.12. The number of hydrogen-bond donors (Lipinski definition) is 2. The molecule has 1 heterocycles. The number of hydrogen-bond acceptors (Lipinski definition) is 3. The average Bonchev–Trinajstić information content (AvgIpc) is 2.59. The van der Waals surface area contributed by atoms with Gasteiger partial charge in [0, 0.05) is 4.88 Å². The molecule has 17 heavy (non-hydrogen) atoms. The van der Waals surface area contributed by atoms with Crippen molar-refractivity contribution in [2.45, 2.75) is 39.7 Å². The highest BCUT2D eigenvalue weighted by Crippen LogP contribution is 2.21. The highest BCUT2D eigenvalue weighted by Gasteiger charge is 2.33. The Kier molecular flexibility index (Phi) is 3.93. The number of amides is 1. The Labute approximate surface area is 105 Å². The molecule has 0 saturated heterocycles. The first kappa shape index (κ1) is 13.7. The molecule has 0 aliphatic heterocycles. The second kappa shape index (κ2) is 4.87. The van der Waals surface area contributed by atoms with Crippen LogP contribution in [0.2, 0.25) is 0 Å². The standard InChI is InChI=1S/C12H17NO3S/c1-5-12(4,11(15)16)13-10(14)9-6-7(2)8(3)17-9/h6H,5H2,1-4H3,(H,13,14)(H,15,16). The molecule has 5 heteroatoms. The lowest BCUT2D eigenvalue weighted by atomic mass is 9.99. The highest BCUT2D eigenvalue weighted by atomic mass is 32.1. The smallest absolute Gasteiger partial charge is 0.329 e. The molecule has 0 bridgehead atoms. The summed E-state index contributed by atoms with van der Waals surface area (Å²) in [7, 11) is 0. The maximum atomic E-state index is 11.9. The number of aryl methyl sites for hydroxylation is 2. The van der Waals surface area contributed by atoms with E-state index >= 15 is 0 Å². The lowest BCUT2D eigenvalue weighted by molar-refractivity contribution is -0.143. The SMILES string of the molecule is CCC(C)(NC(=O)c1cc(C)c(C)s1)C(=O)O. The average molecular weight is 255 g/mol. The van der Waals surface area contributed by atoms with Crippen molar-refractivity contribution in [2.24, 2.45) is 0 Å². The van der Waals surface area contributed by atoms with Gasteiger partial charge in [0.25, 0.3) is 5.91 Å². The van der Waals surface area contributed by atoms with Crippen molar-refractivity contribution in [3.63, 3.8) is 0 Å². The summed E-state index contributed by atoms with van der Waals surface area (Å²) >= 11 is 1.38. The number of carbonyl (C=O) groups excluding carboxylic acids is 1. The van der Waals surface area contributed by atoms with Gasteiger partial charge in [0.1, 0.15) is 5.54 Å². The number of carbonyl (C=O) groups is 2. The maximum absolute atomic E-state index is 11.9. The second-order valence-corrected chi connectivity index (χ2v) is 5.55. The number of nitrogens with one attached hydrogen (secondary N) is 1. The fourth-order valence-electron chi connectivity index (χ4n) is 1.29. The van der Waals surface area contributed by atoms with E-state index in [9.17, 15) is 9.59 Å². The van der Waals surface area contributed by atoms with Gasteiger partial charge in [-0.1, -0.05) is 6.92 Å². The van der Waals surface area contributed by atoms with Crippen molar-refractivity contribution in [2.75, 3.05) is 0 Å². The van der Waals surface area contributed by atoms with Crippen LogP contribution in [0.4, 0.5) is 0 Å². The molecule has 0 aromatic carbocycles. The molecule has 94 valence electrons. The Morgan fingerprint density at radius 2 is 2.06 bits per heavy atom. The van der Waals surface area contributed by atoms with Crippen LogP contribution in [0.25, 0.3) is 0 Å². The molecule has 1 unspecified atom stereocenters. The number of carboxylic acid groups (broad SMARTS) is 1. The Hall–Kier alpha value is -1.36. The normalized spacial score (nSPS) is 14.1. The first-order valence-corrected chi connectivity index (χ1v) is 6.24. The Bertz CT molecular complexity index is 433. The minimum Gasteiger partial charge on any atom is -0.480 e. The molecule has 0 aliphatic rings. The van der Waals surface area contributed by atoms with Crippen LogP contribution in [-0.2, 0) is 4.79 Å². The van der Waals surface area contributed by atoms with Crippen LogP contribution in [0.15, 0.2) is 6.07 Å². The van der Waals surface area contributed by atoms with Crippen molar-refractivity contribution >= 4 is 23.2 Å². The van der Waals surface area contributed by atoms with Crippen LogP contribution in [0.1, 0.15) is 40.4 Å². The van der Waals surface area contributed by atoms with Crippen LogP contribution in [0, 0.1) is 13.8 Å². The molecule has 4 nitrogen and oxygen atoms in total. The monoisotopic (exact) mass is 255 g/mol. The third kappa shape index (κ3) is 2.85. The van der Waals surface area contributed by atoms with E-state index in [4.69, 9.17) is 5.11 Å². The van der Waals surface area contributed by atoms with Gasteiger partial charge in [-0.25, -0.2) is 4.79 Å². The Balaban J connectivity index is 2.89. The quantitative estimate of drug-likeness (QED) is 0.868. The van der Waals surface area contributed by atoms with Gasteiger partial charge in [-0.2, -0.15) is 0 Å². The lowest BCUT2D eigenvalue weighted by Crippen LogP contribution is -2.51. The summed E-state index contributed by atoms with van der Waals surface area (Å²) in [6.07, 6.45) is 0.345. The van der Waals surface area contributed by atoms with Crippen molar-refractivity contribution in [3.8, 4) is 0 Å². The van der Waals surface area contributed by atoms with Gasteiger partial charge >= 0.3 is 5.97 Å². The van der Waals surface area contributed by atoms with Crippen molar-refractivity contribution in [1.82, 2.24) is 5.32 Å². The summed E-state index contributed by atoms with van der Waals surface area (Å²) < 4.78 is 0. The maximum Gasteiger partial charge on any atom is 0.329 e. The zero-order chi connectivity index (χ0) is 13.2. The number of aliphatic carboxylic acids is 1. The van der Waals surface area contributed by atoms with Crippen molar-refractivity contribution < 1.29 is 14.7 Å². The molecule has 1 amide bonds. The first-order valence-electron chi connectivity index (χ1n) is 5.43. The minimum atomic E-state index is -1.21. The summed E-state index contributed by atoms with van der Waals surface area (Å²) in [6, 6.07) is 1.78. The van der Waals surface area contributed by atoms with Gasteiger partial charge in [-0.3, -0.25) is 4.79 Å². The van der Waals surface area contributed by atoms with E-state index < -0.39 is 11.5 Å². The van der Waals surface area contributed by atoms with E-state index in [2.05, 4.69) is 5.32 Å². The van der Waals surface area contributed by atoms with Crippen LogP contribution < -0.4 is 5.32 Å². The van der Waals surface area contributed by atoms with E-state index in [0.717, 1.165) is 10.4 Å². The molecule has 0 spiro atoms. The van der Waals surface area contributed by atoms with Gasteiger partial charge in [-0.05, 0) is 38.8 Å². The van der Waals surface area contributed by atoms with Crippen LogP contribution in [-0.4, -0.2) is 22.5 Å². The molecule has 1 aromatic heterocycles. The molecule has 0 fully saturated rings. The Morgan fingerprint density at radius 3 is 2.41 bits per heavy atom. The summed E-state index contributed by atoms with van der Waals surface area (Å²) in [5, 5.41) is 11.6.